The molecule has 19 nitrogen and oxygen atoms in total. The number of nitrogens with zero attached hydrogens (tertiary/aromatic N) is 5. The van der Waals surface area contributed by atoms with Gasteiger partial charge in [0.2, 0.25) is 11.8 Å². The second-order valence-electron chi connectivity index (χ2n) is 23.7. The number of halogens is 1. The number of benzene rings is 4. The molecule has 6 aromatic rings. The molecule has 4 amide bonds. The molecule has 1 atom stereocenters. The van der Waals surface area contributed by atoms with Crippen molar-refractivity contribution in [2.24, 2.45) is 11.3 Å². The van der Waals surface area contributed by atoms with Crippen LogP contribution in [0.5, 0.6) is 11.5 Å². The highest BCUT2D eigenvalue weighted by Crippen LogP contribution is 2.44. The number of hydrogen-bond acceptors (Lipinski definition) is 15. The van der Waals surface area contributed by atoms with E-state index in [9.17, 15) is 37.7 Å². The fourth-order valence-corrected chi connectivity index (χ4v) is 14.6. The number of sulfonamides is 1. The lowest BCUT2D eigenvalue weighted by molar-refractivity contribution is -0.384. The van der Waals surface area contributed by atoms with Crippen LogP contribution in [0.1, 0.15) is 116 Å². The maximum absolute atomic E-state index is 14.2. The molecule has 5 N–H and O–H groups in total. The van der Waals surface area contributed by atoms with Crippen LogP contribution in [0.15, 0.2) is 119 Å². The second-order valence-corrected chi connectivity index (χ2v) is 27.0. The number of imide groups is 1. The summed E-state index contributed by atoms with van der Waals surface area (Å²) < 4.78 is 36.5. The number of nitrogens with one attached hydrogen (secondary N) is 5. The first-order valence-corrected chi connectivity index (χ1v) is 32.2. The zero-order chi connectivity index (χ0) is 59.4. The molecule has 2 aromatic heterocycles. The third kappa shape index (κ3) is 14.0. The molecule has 22 heteroatoms. The number of thioether (sulfide) groups is 1. The van der Waals surface area contributed by atoms with Crippen LogP contribution >= 0.6 is 23.4 Å². The molecule has 3 fully saturated rings. The largest absolute Gasteiger partial charge is 0.455 e. The van der Waals surface area contributed by atoms with E-state index in [4.69, 9.17) is 16.3 Å². The van der Waals surface area contributed by atoms with Gasteiger partial charge in [-0.05, 0) is 165 Å². The van der Waals surface area contributed by atoms with E-state index < -0.39 is 43.4 Å². The Bertz CT molecular complexity index is 3670. The second kappa shape index (κ2) is 25.7. The fraction of sp³-hybridized carbons (Fsp3) is 0.413. The Labute approximate surface area is 504 Å². The number of piperazine rings is 1. The molecule has 1 saturated carbocycles. The van der Waals surface area contributed by atoms with Crippen LogP contribution < -0.4 is 30.3 Å². The quantitative estimate of drug-likeness (QED) is 0.0148. The van der Waals surface area contributed by atoms with Crippen molar-refractivity contribution < 1.29 is 37.3 Å². The summed E-state index contributed by atoms with van der Waals surface area (Å²) in [6, 6.07) is 25.9. The predicted molar refractivity (Wildman–Crippen MR) is 330 cm³/mol. The van der Waals surface area contributed by atoms with Gasteiger partial charge in [0.05, 0.1) is 21.6 Å². The zero-order valence-electron chi connectivity index (χ0n) is 47.8. The molecule has 2 saturated heterocycles. The Morgan fingerprint density at radius 1 is 0.929 bits per heavy atom. The monoisotopic (exact) mass is 1210 g/mol. The van der Waals surface area contributed by atoms with Crippen molar-refractivity contribution in [3.8, 4) is 11.5 Å². The van der Waals surface area contributed by atoms with Gasteiger partial charge in [-0.25, -0.2) is 18.1 Å². The van der Waals surface area contributed by atoms with E-state index in [1.807, 2.05) is 30.3 Å². The minimum absolute atomic E-state index is 0.0512. The molecule has 11 rings (SSSR count). The van der Waals surface area contributed by atoms with Crippen molar-refractivity contribution in [2.45, 2.75) is 113 Å². The summed E-state index contributed by atoms with van der Waals surface area (Å²) >= 11 is 7.99. The van der Waals surface area contributed by atoms with Crippen LogP contribution in [-0.2, 0) is 26.2 Å². The summed E-state index contributed by atoms with van der Waals surface area (Å²) in [6.45, 7) is 10.2. The van der Waals surface area contributed by atoms with Crippen molar-refractivity contribution in [3.63, 3.8) is 0 Å². The number of piperidine rings is 1. The summed E-state index contributed by atoms with van der Waals surface area (Å²) in [7, 11) is -4.62. The van der Waals surface area contributed by atoms with E-state index in [-0.39, 0.29) is 46.6 Å². The van der Waals surface area contributed by atoms with Crippen LogP contribution in [0.2, 0.25) is 5.02 Å². The first-order chi connectivity index (χ1) is 40.9. The number of aromatic amines is 1. The molecule has 446 valence electrons. The number of carbonyl (C=O) groups excluding carboxylic acids is 4. The lowest BCUT2D eigenvalue weighted by Crippen LogP contribution is -2.52. The maximum atomic E-state index is 14.2. The minimum Gasteiger partial charge on any atom is -0.455 e. The molecule has 4 aromatic carbocycles. The minimum atomic E-state index is -4.62. The Morgan fingerprint density at radius 3 is 2.51 bits per heavy atom. The van der Waals surface area contributed by atoms with Crippen molar-refractivity contribution >= 4 is 90.7 Å². The summed E-state index contributed by atoms with van der Waals surface area (Å²) in [5.41, 5.74) is 7.00. The number of nitro groups is 1. The first-order valence-electron chi connectivity index (χ1n) is 29.3. The Kier molecular flexibility index (Phi) is 18.0. The third-order valence-electron chi connectivity index (χ3n) is 17.3. The number of ether oxygens (including phenoxy) is 1. The number of hydrogen-bond donors (Lipinski definition) is 5. The molecule has 5 heterocycles. The van der Waals surface area contributed by atoms with E-state index in [1.54, 1.807) is 53.2 Å². The van der Waals surface area contributed by atoms with Crippen molar-refractivity contribution in [1.29, 1.82) is 0 Å². The lowest BCUT2D eigenvalue weighted by Gasteiger charge is -2.39. The number of amides is 4. The Hall–Kier alpha value is -7.30. The molecule has 5 aliphatic rings. The standard InChI is InChI=1S/C63H71ClN10O9S2/c1-63(2)24-22-43(51(35-63)41-10-12-44(64)13-11-41)38-71-27-29-72(30-28-71)46-16-18-50(56(33-46)83-47-32-42-23-26-66-59(42)68-37-47)60(76)70-85(81,82)48-17-19-53(55(34-48)74(79)80)67-36-40-8-14-45(15-9-40)65-25-3-4-31-84-57-7-5-6-49-52(57)39-73(62(49)78)54-20-21-58(75)69-61(54)77/h5-7,10-13,16-19,23,26,32-34,37,40,45,54,65,67H,3-4,8-9,14-15,20-22,24-25,27-31,35-36,38-39H2,1-2H3,(H,66,68)(H,70,76)(H,69,75,77)/t40-,45+,54?. The smallest absolute Gasteiger partial charge is 0.293 e. The molecular formula is C63H71ClN10O9S2. The van der Waals surface area contributed by atoms with Crippen LogP contribution in [0.25, 0.3) is 16.6 Å². The van der Waals surface area contributed by atoms with E-state index in [2.05, 4.69) is 66.4 Å². The van der Waals surface area contributed by atoms with Gasteiger partial charge in [-0.15, -0.1) is 11.8 Å². The normalized spacial score (nSPS) is 20.1. The average molecular weight is 1210 g/mol. The topological polar surface area (TPSA) is 241 Å². The number of fused-ring (bicyclic) bond motifs is 2. The summed E-state index contributed by atoms with van der Waals surface area (Å²) in [5, 5.41) is 23.2. The van der Waals surface area contributed by atoms with Crippen LogP contribution in [0.4, 0.5) is 17.1 Å². The number of nitro benzene ring substituents is 1. The first kappa shape index (κ1) is 59.4. The third-order valence-corrected chi connectivity index (χ3v) is 20.0. The molecule has 1 unspecified atom stereocenters. The molecule has 0 radical (unpaired) electrons. The van der Waals surface area contributed by atoms with Crippen LogP contribution in [-0.4, -0.2) is 120 Å². The molecule has 0 spiro atoms. The van der Waals surface area contributed by atoms with Crippen molar-refractivity contribution in [2.75, 3.05) is 61.8 Å². The fourth-order valence-electron chi connectivity index (χ4n) is 12.4. The number of anilines is 2. The zero-order valence-corrected chi connectivity index (χ0v) is 50.2. The summed E-state index contributed by atoms with van der Waals surface area (Å²) in [5.74, 6) is -0.284. The number of unbranched alkanes of at least 4 members (excludes halogenated alkanes) is 1. The summed E-state index contributed by atoms with van der Waals surface area (Å²) in [6.07, 6.45) is 12.6. The van der Waals surface area contributed by atoms with Gasteiger partial charge < -0.3 is 30.2 Å². The highest BCUT2D eigenvalue weighted by Gasteiger charge is 2.40. The predicted octanol–water partition coefficient (Wildman–Crippen LogP) is 10.7. The summed E-state index contributed by atoms with van der Waals surface area (Å²) in [4.78, 5) is 77.9. The van der Waals surface area contributed by atoms with Crippen molar-refractivity contribution in [1.82, 2.24) is 35.1 Å². The van der Waals surface area contributed by atoms with E-state index >= 15 is 0 Å². The molecule has 3 aliphatic heterocycles. The Balaban J connectivity index is 0.669. The van der Waals surface area contributed by atoms with Gasteiger partial charge in [0.15, 0.2) is 0 Å². The highest BCUT2D eigenvalue weighted by molar-refractivity contribution is 7.99. The number of allylic oxidation sites excluding steroid dienone is 1. The van der Waals surface area contributed by atoms with E-state index in [1.165, 1.54) is 35.0 Å². The van der Waals surface area contributed by atoms with Gasteiger partial charge in [0.25, 0.3) is 27.5 Å². The molecule has 85 heavy (non-hydrogen) atoms. The number of rotatable bonds is 21. The van der Waals surface area contributed by atoms with Gasteiger partial charge in [0, 0.05) is 103 Å². The maximum Gasteiger partial charge on any atom is 0.293 e. The van der Waals surface area contributed by atoms with Crippen molar-refractivity contribution in [3.05, 3.63) is 146 Å². The number of carbonyl (C=O) groups is 4. The molecular weight excluding hydrogens is 1140 g/mol. The lowest BCUT2D eigenvalue weighted by atomic mass is 9.72. The van der Waals surface area contributed by atoms with Gasteiger partial charge >= 0.3 is 0 Å². The SMILES string of the molecule is CC1(C)CCC(CN2CCN(c3ccc(C(=O)NS(=O)(=O)c4ccc(NC[C@H]5CC[C@@H](NCCCCSc6cccc7c6CN(C6CCC(=O)NC6=O)C7=O)CC5)c([N+](=O)[O-])c4)c(Oc4cnc5[nH]ccc5c4)c3)CC2)=C(c2ccc(Cl)cc2)C1. The average Bonchev–Trinajstić information content (AvgIpc) is 2.99. The van der Waals surface area contributed by atoms with E-state index in [0.29, 0.717) is 55.6 Å². The van der Waals surface area contributed by atoms with Gasteiger partial charge in [-0.1, -0.05) is 49.2 Å². The Morgan fingerprint density at radius 2 is 1.73 bits per heavy atom. The number of H-pyrrole nitrogens is 1. The van der Waals surface area contributed by atoms with Gasteiger partial charge in [0.1, 0.15) is 28.9 Å². The molecule has 0 bridgehead atoms. The molecule has 2 aliphatic carbocycles. The van der Waals surface area contributed by atoms with Gasteiger partial charge in [-0.3, -0.25) is 39.5 Å². The van der Waals surface area contributed by atoms with Gasteiger partial charge in [-0.2, -0.15) is 0 Å². The van der Waals surface area contributed by atoms with Crippen LogP contribution in [0, 0.1) is 21.4 Å². The van der Waals surface area contributed by atoms with E-state index in [0.717, 1.165) is 122 Å². The van der Waals surface area contributed by atoms with Crippen LogP contribution in [0.3, 0.4) is 0 Å². The number of aromatic nitrogens is 2. The number of pyridine rings is 1. The highest BCUT2D eigenvalue weighted by atomic mass is 35.5.